The van der Waals surface area contributed by atoms with E-state index in [9.17, 15) is 0 Å². The molecule has 0 aliphatic heterocycles. The van der Waals surface area contributed by atoms with Crippen LogP contribution in [-0.4, -0.2) is 6.10 Å². The summed E-state index contributed by atoms with van der Waals surface area (Å²) in [6, 6.07) is 5.92. The summed E-state index contributed by atoms with van der Waals surface area (Å²) in [6.07, 6.45) is 2.00. The molecule has 0 unspecified atom stereocenters. The molecule has 70 valence electrons. The van der Waals surface area contributed by atoms with Crippen molar-refractivity contribution in [3.8, 4) is 5.75 Å². The molecule has 0 heterocycles. The van der Waals surface area contributed by atoms with Crippen LogP contribution < -0.4 is 4.74 Å². The van der Waals surface area contributed by atoms with Crippen LogP contribution in [0.2, 0.25) is 0 Å². The zero-order valence-electron chi connectivity index (χ0n) is 7.88. The van der Waals surface area contributed by atoms with Crippen LogP contribution in [0.15, 0.2) is 29.3 Å². The van der Waals surface area contributed by atoms with E-state index in [1.807, 2.05) is 32.0 Å². The Bertz CT molecular complexity index is 305. The number of hydrogen-bond donors (Lipinski definition) is 0. The third-order valence-corrected chi connectivity index (χ3v) is 1.96. The summed E-state index contributed by atoms with van der Waals surface area (Å²) in [7, 11) is 0. The lowest BCUT2D eigenvalue weighted by atomic mass is 10.2. The molecule has 0 radical (unpaired) electrons. The summed E-state index contributed by atoms with van der Waals surface area (Å²) in [5.74, 6) is 0.874. The molecular weight excluding hydrogens is 228 g/mol. The Hall–Kier alpha value is -0.760. The molecule has 0 fully saturated rings. The van der Waals surface area contributed by atoms with E-state index < -0.39 is 0 Å². The summed E-state index contributed by atoms with van der Waals surface area (Å²) in [5, 5.41) is 0. The Kier molecular flexibility index (Phi) is 3.55. The third kappa shape index (κ3) is 3.23. The van der Waals surface area contributed by atoms with Crippen LogP contribution in [0.1, 0.15) is 19.4 Å². The fraction of sp³-hybridized carbons (Fsp3) is 0.273. The van der Waals surface area contributed by atoms with Crippen molar-refractivity contribution in [2.75, 3.05) is 0 Å². The highest BCUT2D eigenvalue weighted by molar-refractivity contribution is 9.10. The van der Waals surface area contributed by atoms with Crippen molar-refractivity contribution < 1.29 is 4.74 Å². The fourth-order valence-electron chi connectivity index (χ4n) is 1.04. The molecule has 0 atom stereocenters. The Morgan fingerprint density at radius 1 is 1.38 bits per heavy atom. The van der Waals surface area contributed by atoms with Crippen molar-refractivity contribution in [3.63, 3.8) is 0 Å². The third-order valence-electron chi connectivity index (χ3n) is 1.50. The molecule has 1 rings (SSSR count). The van der Waals surface area contributed by atoms with Gasteiger partial charge in [-0.2, -0.15) is 0 Å². The Morgan fingerprint density at radius 2 is 2.08 bits per heavy atom. The second-order valence-electron chi connectivity index (χ2n) is 3.09. The molecule has 0 aliphatic rings. The summed E-state index contributed by atoms with van der Waals surface area (Å²) >= 11 is 3.42. The van der Waals surface area contributed by atoms with Gasteiger partial charge in [-0.3, -0.25) is 0 Å². The summed E-state index contributed by atoms with van der Waals surface area (Å²) in [5.41, 5.74) is 1.06. The van der Waals surface area contributed by atoms with Gasteiger partial charge >= 0.3 is 0 Å². The topological polar surface area (TPSA) is 9.23 Å². The maximum atomic E-state index is 5.56. The van der Waals surface area contributed by atoms with Gasteiger partial charge in [0.2, 0.25) is 0 Å². The molecule has 0 bridgehead atoms. The SMILES string of the molecule is C=Cc1cc(Br)cc(OC(C)C)c1. The van der Waals surface area contributed by atoms with Crippen molar-refractivity contribution in [1.29, 1.82) is 0 Å². The van der Waals surface area contributed by atoms with Crippen LogP contribution >= 0.6 is 15.9 Å². The van der Waals surface area contributed by atoms with Gasteiger partial charge in [-0.1, -0.05) is 28.6 Å². The lowest BCUT2D eigenvalue weighted by Gasteiger charge is -2.10. The highest BCUT2D eigenvalue weighted by atomic mass is 79.9. The average molecular weight is 241 g/mol. The van der Waals surface area contributed by atoms with E-state index in [-0.39, 0.29) is 6.10 Å². The summed E-state index contributed by atoms with van der Waals surface area (Å²) < 4.78 is 6.57. The molecule has 0 N–H and O–H groups in total. The maximum Gasteiger partial charge on any atom is 0.121 e. The van der Waals surface area contributed by atoms with Crippen molar-refractivity contribution in [1.82, 2.24) is 0 Å². The van der Waals surface area contributed by atoms with Crippen molar-refractivity contribution >= 4 is 22.0 Å². The number of rotatable bonds is 3. The van der Waals surface area contributed by atoms with Crippen LogP contribution in [0.5, 0.6) is 5.75 Å². The van der Waals surface area contributed by atoms with Crippen LogP contribution in [-0.2, 0) is 0 Å². The molecule has 0 aromatic heterocycles. The van der Waals surface area contributed by atoms with E-state index in [1.165, 1.54) is 0 Å². The van der Waals surface area contributed by atoms with Crippen molar-refractivity contribution in [2.24, 2.45) is 0 Å². The first-order valence-corrected chi connectivity index (χ1v) is 5.01. The fourth-order valence-corrected chi connectivity index (χ4v) is 1.53. The Labute approximate surface area is 87.5 Å². The van der Waals surface area contributed by atoms with Crippen LogP contribution in [0.4, 0.5) is 0 Å². The molecular formula is C11H13BrO. The predicted octanol–water partition coefficient (Wildman–Crippen LogP) is 3.88. The molecule has 0 saturated carbocycles. The molecule has 13 heavy (non-hydrogen) atoms. The first-order valence-electron chi connectivity index (χ1n) is 4.21. The largest absolute Gasteiger partial charge is 0.491 e. The number of benzene rings is 1. The van der Waals surface area contributed by atoms with Gasteiger partial charge in [0.15, 0.2) is 0 Å². The van der Waals surface area contributed by atoms with Crippen LogP contribution in [0, 0.1) is 0 Å². The summed E-state index contributed by atoms with van der Waals surface area (Å²) in [6.45, 7) is 7.73. The van der Waals surface area contributed by atoms with Gasteiger partial charge in [0, 0.05) is 4.47 Å². The number of halogens is 1. The van der Waals surface area contributed by atoms with Gasteiger partial charge in [-0.25, -0.2) is 0 Å². The minimum atomic E-state index is 0.201. The lowest BCUT2D eigenvalue weighted by Crippen LogP contribution is -2.05. The van der Waals surface area contributed by atoms with E-state index >= 15 is 0 Å². The minimum absolute atomic E-state index is 0.201. The summed E-state index contributed by atoms with van der Waals surface area (Å²) in [4.78, 5) is 0. The highest BCUT2D eigenvalue weighted by Gasteiger charge is 2.00. The number of ether oxygens (including phenoxy) is 1. The average Bonchev–Trinajstić information content (AvgIpc) is 2.01. The van der Waals surface area contributed by atoms with Gasteiger partial charge in [-0.15, -0.1) is 0 Å². The Morgan fingerprint density at radius 3 is 2.62 bits per heavy atom. The van der Waals surface area contributed by atoms with E-state index in [1.54, 1.807) is 6.08 Å². The molecule has 1 nitrogen and oxygen atoms in total. The minimum Gasteiger partial charge on any atom is -0.491 e. The smallest absolute Gasteiger partial charge is 0.121 e. The van der Waals surface area contributed by atoms with Gasteiger partial charge in [0.25, 0.3) is 0 Å². The number of hydrogen-bond acceptors (Lipinski definition) is 1. The standard InChI is InChI=1S/C11H13BrO/c1-4-9-5-10(12)7-11(6-9)13-8(2)3/h4-8H,1H2,2-3H3. The van der Waals surface area contributed by atoms with Gasteiger partial charge in [0.1, 0.15) is 5.75 Å². The quantitative estimate of drug-likeness (QED) is 0.780. The first kappa shape index (κ1) is 10.3. The van der Waals surface area contributed by atoms with Gasteiger partial charge < -0.3 is 4.74 Å². The van der Waals surface area contributed by atoms with Gasteiger partial charge in [-0.05, 0) is 37.6 Å². The molecule has 0 aliphatic carbocycles. The van der Waals surface area contributed by atoms with Crippen LogP contribution in [0.25, 0.3) is 6.08 Å². The first-order chi connectivity index (χ1) is 6.11. The van der Waals surface area contributed by atoms with Gasteiger partial charge in [0.05, 0.1) is 6.10 Å². The second-order valence-corrected chi connectivity index (χ2v) is 4.01. The molecule has 0 amide bonds. The predicted molar refractivity (Wildman–Crippen MR) is 60.0 cm³/mol. The molecule has 0 spiro atoms. The molecule has 1 aromatic carbocycles. The van der Waals surface area contributed by atoms with Crippen molar-refractivity contribution in [2.45, 2.75) is 20.0 Å². The second kappa shape index (κ2) is 4.47. The molecule has 1 aromatic rings. The zero-order valence-corrected chi connectivity index (χ0v) is 9.47. The Balaban J connectivity index is 2.94. The normalized spacial score (nSPS) is 10.2. The maximum absolute atomic E-state index is 5.56. The van der Waals surface area contributed by atoms with E-state index in [0.717, 1.165) is 15.8 Å². The van der Waals surface area contributed by atoms with Crippen molar-refractivity contribution in [3.05, 3.63) is 34.8 Å². The zero-order chi connectivity index (χ0) is 9.84. The highest BCUT2D eigenvalue weighted by Crippen LogP contribution is 2.22. The van der Waals surface area contributed by atoms with E-state index in [2.05, 4.69) is 22.5 Å². The lowest BCUT2D eigenvalue weighted by molar-refractivity contribution is 0.242. The van der Waals surface area contributed by atoms with E-state index in [0.29, 0.717) is 0 Å². The molecule has 2 heteroatoms. The van der Waals surface area contributed by atoms with Crippen LogP contribution in [0.3, 0.4) is 0 Å². The monoisotopic (exact) mass is 240 g/mol. The molecule has 0 saturated heterocycles. The van der Waals surface area contributed by atoms with E-state index in [4.69, 9.17) is 4.74 Å².